The molecular formula is C25H24N3O+. The van der Waals surface area contributed by atoms with Crippen LogP contribution in [0.5, 0.6) is 11.5 Å². The lowest BCUT2D eigenvalue weighted by atomic mass is 9.91. The number of hydrogen-bond acceptors (Lipinski definition) is 2. The van der Waals surface area contributed by atoms with Gasteiger partial charge < -0.3 is 9.64 Å². The van der Waals surface area contributed by atoms with Crippen LogP contribution in [0, 0.1) is 0 Å². The highest BCUT2D eigenvalue weighted by molar-refractivity contribution is 5.81. The van der Waals surface area contributed by atoms with Crippen LogP contribution in [-0.4, -0.2) is 11.6 Å². The second-order valence-electron chi connectivity index (χ2n) is 8.19. The summed E-state index contributed by atoms with van der Waals surface area (Å²) in [5.41, 5.74) is 8.92. The van der Waals surface area contributed by atoms with Gasteiger partial charge in [-0.2, -0.15) is 4.57 Å². The Hall–Kier alpha value is -3.27. The minimum absolute atomic E-state index is 0.896. The van der Waals surface area contributed by atoms with E-state index in [4.69, 9.17) is 4.74 Å². The third kappa shape index (κ3) is 2.48. The molecule has 0 spiro atoms. The average Bonchev–Trinajstić information content (AvgIpc) is 3.08. The summed E-state index contributed by atoms with van der Waals surface area (Å²) >= 11 is 0. The molecule has 6 rings (SSSR count). The topological polar surface area (TPSA) is 21.3 Å². The Balaban J connectivity index is 1.50. The van der Waals surface area contributed by atoms with Crippen molar-refractivity contribution in [1.82, 2.24) is 4.57 Å². The number of hydrogen-bond donors (Lipinski definition) is 0. The van der Waals surface area contributed by atoms with Crippen LogP contribution in [0.4, 0.5) is 11.4 Å². The Kier molecular flexibility index (Phi) is 3.51. The zero-order valence-corrected chi connectivity index (χ0v) is 16.9. The molecule has 0 fully saturated rings. The van der Waals surface area contributed by atoms with Gasteiger partial charge in [-0.3, -0.25) is 0 Å². The number of aryl methyl sites for hydroxylation is 3. The zero-order chi connectivity index (χ0) is 19.5. The maximum atomic E-state index is 6.15. The molecule has 0 unspecified atom stereocenters. The molecule has 3 aromatic carbocycles. The second kappa shape index (κ2) is 6.11. The van der Waals surface area contributed by atoms with E-state index in [1.54, 1.807) is 0 Å². The van der Waals surface area contributed by atoms with E-state index in [2.05, 4.69) is 76.9 Å². The highest BCUT2D eigenvalue weighted by atomic mass is 16.5. The maximum absolute atomic E-state index is 6.15. The van der Waals surface area contributed by atoms with E-state index >= 15 is 0 Å². The number of rotatable bonds is 1. The predicted octanol–water partition coefficient (Wildman–Crippen LogP) is 5.21. The number of aromatic nitrogens is 2. The highest BCUT2D eigenvalue weighted by Gasteiger charge is 2.25. The fraction of sp³-hybridized carbons (Fsp3) is 0.240. The van der Waals surface area contributed by atoms with E-state index in [9.17, 15) is 0 Å². The number of ether oxygens (including phenoxy) is 1. The second-order valence-corrected chi connectivity index (χ2v) is 8.19. The van der Waals surface area contributed by atoms with Crippen molar-refractivity contribution in [2.24, 2.45) is 7.05 Å². The molecule has 1 aromatic heterocycles. The van der Waals surface area contributed by atoms with Gasteiger partial charge in [-0.05, 0) is 73.2 Å². The van der Waals surface area contributed by atoms with Crippen molar-refractivity contribution in [3.05, 3.63) is 72.1 Å². The Labute approximate surface area is 170 Å². The molecule has 4 aromatic rings. The number of fused-ring (bicyclic) bond motifs is 4. The summed E-state index contributed by atoms with van der Waals surface area (Å²) < 4.78 is 10.7. The number of nitrogens with zero attached hydrogens (tertiary/aromatic N) is 3. The van der Waals surface area contributed by atoms with E-state index in [0.717, 1.165) is 28.6 Å². The zero-order valence-electron chi connectivity index (χ0n) is 16.9. The van der Waals surface area contributed by atoms with Gasteiger partial charge in [0.2, 0.25) is 6.33 Å². The van der Waals surface area contributed by atoms with Gasteiger partial charge in [-0.1, -0.05) is 12.1 Å². The summed E-state index contributed by atoms with van der Waals surface area (Å²) in [4.78, 5) is 2.21. The van der Waals surface area contributed by atoms with Gasteiger partial charge in [-0.25, -0.2) is 4.57 Å². The van der Waals surface area contributed by atoms with E-state index < -0.39 is 0 Å². The molecule has 4 nitrogen and oxygen atoms in total. The van der Waals surface area contributed by atoms with Crippen molar-refractivity contribution in [2.45, 2.75) is 25.7 Å². The van der Waals surface area contributed by atoms with Gasteiger partial charge in [0.05, 0.1) is 18.4 Å². The van der Waals surface area contributed by atoms with Gasteiger partial charge in [-0.15, -0.1) is 0 Å². The molecule has 0 bridgehead atoms. The predicted molar refractivity (Wildman–Crippen MR) is 116 cm³/mol. The molecule has 29 heavy (non-hydrogen) atoms. The van der Waals surface area contributed by atoms with Gasteiger partial charge in [0, 0.05) is 13.1 Å². The number of anilines is 2. The minimum atomic E-state index is 0.896. The molecule has 2 aliphatic rings. The first-order valence-electron chi connectivity index (χ1n) is 10.4. The molecule has 4 heteroatoms. The van der Waals surface area contributed by atoms with E-state index in [0.29, 0.717) is 0 Å². The van der Waals surface area contributed by atoms with Crippen molar-refractivity contribution in [3.63, 3.8) is 0 Å². The van der Waals surface area contributed by atoms with Crippen LogP contribution in [0.25, 0.3) is 16.7 Å². The lowest BCUT2D eigenvalue weighted by molar-refractivity contribution is -0.645. The third-order valence-corrected chi connectivity index (χ3v) is 6.40. The Bertz CT molecular complexity index is 1270. The fourth-order valence-electron chi connectivity index (χ4n) is 4.81. The molecule has 0 N–H and O–H groups in total. The van der Waals surface area contributed by atoms with Crippen molar-refractivity contribution in [2.75, 3.05) is 11.9 Å². The largest absolute Gasteiger partial charge is 0.453 e. The molecule has 0 amide bonds. The lowest BCUT2D eigenvalue weighted by Gasteiger charge is -2.29. The first-order chi connectivity index (χ1) is 14.2. The molecule has 1 aliphatic heterocycles. The highest BCUT2D eigenvalue weighted by Crippen LogP contribution is 2.46. The van der Waals surface area contributed by atoms with Crippen molar-refractivity contribution in [1.29, 1.82) is 0 Å². The van der Waals surface area contributed by atoms with Crippen LogP contribution < -0.4 is 14.2 Å². The first-order valence-corrected chi connectivity index (χ1v) is 10.4. The van der Waals surface area contributed by atoms with Crippen molar-refractivity contribution < 1.29 is 9.30 Å². The van der Waals surface area contributed by atoms with Crippen LogP contribution >= 0.6 is 0 Å². The molecule has 0 saturated carbocycles. The standard InChI is InChI=1S/C25H24N3O/c1-26-16-28(22-14-18-8-4-3-7-17(18)13-21(22)26)19-11-12-25-23(15-19)27(2)20-9-5-6-10-24(20)29-25/h5-6,9-16H,3-4,7-8H2,1-2H3/q+1. The minimum Gasteiger partial charge on any atom is -0.453 e. The lowest BCUT2D eigenvalue weighted by Crippen LogP contribution is -2.25. The van der Waals surface area contributed by atoms with E-state index in [1.807, 2.05) is 12.1 Å². The van der Waals surface area contributed by atoms with Crippen LogP contribution in [0.2, 0.25) is 0 Å². The number of imidazole rings is 1. The van der Waals surface area contributed by atoms with Gasteiger partial charge >= 0.3 is 0 Å². The molecule has 0 radical (unpaired) electrons. The quantitative estimate of drug-likeness (QED) is 0.422. The summed E-state index contributed by atoms with van der Waals surface area (Å²) in [5.74, 6) is 1.80. The monoisotopic (exact) mass is 382 g/mol. The fourth-order valence-corrected chi connectivity index (χ4v) is 4.81. The van der Waals surface area contributed by atoms with E-state index in [-0.39, 0.29) is 0 Å². The molecule has 0 atom stereocenters. The summed E-state index contributed by atoms with van der Waals surface area (Å²) in [5, 5.41) is 0. The van der Waals surface area contributed by atoms with Crippen LogP contribution in [0.1, 0.15) is 24.0 Å². The summed E-state index contributed by atoms with van der Waals surface area (Å²) in [7, 11) is 4.24. The molecule has 144 valence electrons. The Morgan fingerprint density at radius 1 is 0.862 bits per heavy atom. The third-order valence-electron chi connectivity index (χ3n) is 6.40. The van der Waals surface area contributed by atoms with E-state index in [1.165, 1.54) is 47.8 Å². The summed E-state index contributed by atoms with van der Waals surface area (Å²) in [6, 6.07) is 19.4. The first kappa shape index (κ1) is 16.7. The smallest absolute Gasteiger partial charge is 0.249 e. The van der Waals surface area contributed by atoms with Crippen LogP contribution in [0.15, 0.2) is 60.9 Å². The van der Waals surface area contributed by atoms with Gasteiger partial charge in [0.1, 0.15) is 5.69 Å². The number of benzene rings is 3. The maximum Gasteiger partial charge on any atom is 0.249 e. The average molecular weight is 382 g/mol. The number of para-hydroxylation sites is 2. The summed E-state index contributed by atoms with van der Waals surface area (Å²) in [6.45, 7) is 0. The van der Waals surface area contributed by atoms with Gasteiger partial charge in [0.15, 0.2) is 22.5 Å². The van der Waals surface area contributed by atoms with Crippen molar-refractivity contribution >= 4 is 22.4 Å². The normalized spacial score (nSPS) is 14.9. The van der Waals surface area contributed by atoms with Crippen LogP contribution in [0.3, 0.4) is 0 Å². The summed E-state index contributed by atoms with van der Waals surface area (Å²) in [6.07, 6.45) is 7.19. The molecule has 1 aliphatic carbocycles. The molecule has 2 heterocycles. The van der Waals surface area contributed by atoms with Crippen LogP contribution in [-0.2, 0) is 19.9 Å². The van der Waals surface area contributed by atoms with Gasteiger partial charge in [0.25, 0.3) is 0 Å². The molecular weight excluding hydrogens is 358 g/mol. The van der Waals surface area contributed by atoms with Crippen molar-refractivity contribution in [3.8, 4) is 17.2 Å². The molecule has 0 saturated heterocycles. The Morgan fingerprint density at radius 3 is 2.48 bits per heavy atom. The Morgan fingerprint density at radius 2 is 1.62 bits per heavy atom. The SMILES string of the molecule is CN1c2ccccc2Oc2ccc(-n3c[n+](C)c4cc5c(cc43)CCCC5)cc21.